The average molecular weight is 245 g/mol. The highest BCUT2D eigenvalue weighted by Gasteiger charge is 2.28. The van der Waals surface area contributed by atoms with Crippen LogP contribution in [-0.2, 0) is 0 Å². The van der Waals surface area contributed by atoms with Gasteiger partial charge in [-0.25, -0.2) is 0 Å². The Kier molecular flexibility index (Phi) is 5.67. The molecule has 100 valence electrons. The minimum absolute atomic E-state index is 0.175. The molecule has 0 radical (unpaired) electrons. The molecule has 6 N–H and O–H groups in total. The number of nitrogens with two attached hydrogens (primary N) is 1. The highest BCUT2D eigenvalue weighted by molar-refractivity contribution is 5.79. The maximum absolute atomic E-state index is 9.14. The minimum Gasteiger partial charge on any atom is -0.394 e. The molecule has 0 unspecified atom stereocenters. The molecule has 0 bridgehead atoms. The molecule has 0 saturated heterocycles. The molecular weight excluding hydrogens is 222 g/mol. The summed E-state index contributed by atoms with van der Waals surface area (Å²) in [6.07, 6.45) is 5.60. The zero-order valence-electron chi connectivity index (χ0n) is 10.1. The number of guanidine groups is 1. The Labute approximate surface area is 102 Å². The third-order valence-corrected chi connectivity index (χ3v) is 3.20. The van der Waals surface area contributed by atoms with Gasteiger partial charge in [-0.05, 0) is 12.8 Å². The maximum atomic E-state index is 9.14. The number of rotatable bonds is 5. The summed E-state index contributed by atoms with van der Waals surface area (Å²) < 4.78 is 0. The van der Waals surface area contributed by atoms with Crippen LogP contribution in [0.3, 0.4) is 0 Å². The normalized spacial score (nSPS) is 19.4. The summed E-state index contributed by atoms with van der Waals surface area (Å²) in [6, 6.07) is 0.213. The van der Waals surface area contributed by atoms with Gasteiger partial charge in [-0.15, -0.1) is 0 Å². The van der Waals surface area contributed by atoms with E-state index in [2.05, 4.69) is 10.3 Å². The van der Waals surface area contributed by atoms with Gasteiger partial charge in [0.05, 0.1) is 25.9 Å². The molecule has 1 saturated carbocycles. The Hall–Kier alpha value is -0.850. The Balaban J connectivity index is 2.56. The first-order chi connectivity index (χ1) is 8.15. The molecular formula is C11H23N3O3. The highest BCUT2D eigenvalue weighted by atomic mass is 16.3. The fourth-order valence-corrected chi connectivity index (χ4v) is 1.98. The van der Waals surface area contributed by atoms with Gasteiger partial charge in [0.15, 0.2) is 5.96 Å². The van der Waals surface area contributed by atoms with Crippen molar-refractivity contribution >= 4 is 5.96 Å². The van der Waals surface area contributed by atoms with Crippen LogP contribution in [0.1, 0.15) is 32.1 Å². The third kappa shape index (κ3) is 4.14. The first kappa shape index (κ1) is 14.2. The summed E-state index contributed by atoms with van der Waals surface area (Å²) in [6.45, 7) is -1.21. The number of nitrogens with one attached hydrogen (secondary N) is 1. The summed E-state index contributed by atoms with van der Waals surface area (Å²) in [5.74, 6) is 0.175. The third-order valence-electron chi connectivity index (χ3n) is 3.20. The molecule has 0 amide bonds. The molecule has 0 aromatic carbocycles. The predicted molar refractivity (Wildman–Crippen MR) is 65.6 cm³/mol. The summed E-state index contributed by atoms with van der Waals surface area (Å²) in [7, 11) is 0. The molecule has 0 spiro atoms. The van der Waals surface area contributed by atoms with Crippen molar-refractivity contribution in [1.82, 2.24) is 5.32 Å². The molecule has 6 nitrogen and oxygen atoms in total. The van der Waals surface area contributed by atoms with Crippen LogP contribution in [0.4, 0.5) is 0 Å². The minimum atomic E-state index is -1.19. The van der Waals surface area contributed by atoms with Gasteiger partial charge in [-0.2, -0.15) is 0 Å². The van der Waals surface area contributed by atoms with Gasteiger partial charge < -0.3 is 26.4 Å². The van der Waals surface area contributed by atoms with E-state index < -0.39 is 25.4 Å². The predicted octanol–water partition coefficient (Wildman–Crippen LogP) is -1.06. The maximum Gasteiger partial charge on any atom is 0.189 e. The van der Waals surface area contributed by atoms with Crippen LogP contribution in [0, 0.1) is 0 Å². The van der Waals surface area contributed by atoms with E-state index in [4.69, 9.17) is 21.1 Å². The fourth-order valence-electron chi connectivity index (χ4n) is 1.98. The lowest BCUT2D eigenvalue weighted by Gasteiger charge is -2.30. The van der Waals surface area contributed by atoms with Gasteiger partial charge in [-0.3, -0.25) is 4.99 Å². The van der Waals surface area contributed by atoms with E-state index in [-0.39, 0.29) is 12.0 Å². The van der Waals surface area contributed by atoms with Crippen LogP contribution in [0.15, 0.2) is 4.99 Å². The van der Waals surface area contributed by atoms with Crippen molar-refractivity contribution in [2.24, 2.45) is 10.7 Å². The van der Waals surface area contributed by atoms with E-state index >= 15 is 0 Å². The lowest BCUT2D eigenvalue weighted by molar-refractivity contribution is 0.0555. The van der Waals surface area contributed by atoms with E-state index in [1.165, 1.54) is 6.42 Å². The molecule has 1 fully saturated rings. The van der Waals surface area contributed by atoms with Crippen LogP contribution in [-0.4, -0.2) is 52.7 Å². The van der Waals surface area contributed by atoms with E-state index in [0.29, 0.717) is 0 Å². The average Bonchev–Trinajstić information content (AvgIpc) is 2.37. The quantitative estimate of drug-likeness (QED) is 0.313. The molecule has 0 aromatic rings. The smallest absolute Gasteiger partial charge is 0.189 e. The highest BCUT2D eigenvalue weighted by Crippen LogP contribution is 2.20. The molecule has 6 heteroatoms. The molecule has 1 aliphatic rings. The topological polar surface area (TPSA) is 111 Å². The lowest BCUT2D eigenvalue weighted by atomic mass is 9.96. The van der Waals surface area contributed by atoms with E-state index in [1.807, 2.05) is 0 Å². The number of aliphatic hydroxyl groups excluding tert-OH is 3. The number of nitrogens with zero attached hydrogens (tertiary/aromatic N) is 1. The van der Waals surface area contributed by atoms with Gasteiger partial charge in [0.2, 0.25) is 0 Å². The van der Waals surface area contributed by atoms with Gasteiger partial charge in [0.1, 0.15) is 5.54 Å². The first-order valence-electron chi connectivity index (χ1n) is 6.10. The number of aliphatic imine (C=N–C) groups is 1. The second-order valence-electron chi connectivity index (χ2n) is 4.69. The summed E-state index contributed by atoms with van der Waals surface area (Å²) in [4.78, 5) is 4.31. The van der Waals surface area contributed by atoms with Crippen molar-refractivity contribution in [3.05, 3.63) is 0 Å². The summed E-state index contributed by atoms with van der Waals surface area (Å²) >= 11 is 0. The zero-order chi connectivity index (χ0) is 12.7. The molecule has 0 atom stereocenters. The molecule has 17 heavy (non-hydrogen) atoms. The SMILES string of the molecule is NC(=NC1CCCCC1)NC(CO)(CO)CO. The van der Waals surface area contributed by atoms with E-state index in [9.17, 15) is 0 Å². The molecule has 0 aromatic heterocycles. The van der Waals surface area contributed by atoms with Crippen molar-refractivity contribution in [2.45, 2.75) is 43.7 Å². The van der Waals surface area contributed by atoms with Crippen LogP contribution in [0.25, 0.3) is 0 Å². The van der Waals surface area contributed by atoms with E-state index in [1.54, 1.807) is 0 Å². The Bertz CT molecular complexity index is 240. The first-order valence-corrected chi connectivity index (χ1v) is 6.10. The second kappa shape index (κ2) is 6.78. The molecule has 0 aliphatic heterocycles. The van der Waals surface area contributed by atoms with Crippen molar-refractivity contribution in [1.29, 1.82) is 0 Å². The van der Waals surface area contributed by atoms with E-state index in [0.717, 1.165) is 25.7 Å². The van der Waals surface area contributed by atoms with Gasteiger partial charge in [0, 0.05) is 0 Å². The van der Waals surface area contributed by atoms with Crippen LogP contribution in [0.5, 0.6) is 0 Å². The molecule has 1 rings (SSSR count). The van der Waals surface area contributed by atoms with Crippen molar-refractivity contribution < 1.29 is 15.3 Å². The second-order valence-corrected chi connectivity index (χ2v) is 4.69. The number of hydrogen-bond donors (Lipinski definition) is 5. The Morgan fingerprint density at radius 3 is 2.12 bits per heavy atom. The van der Waals surface area contributed by atoms with Crippen LogP contribution in [0.2, 0.25) is 0 Å². The van der Waals surface area contributed by atoms with Crippen molar-refractivity contribution in [2.75, 3.05) is 19.8 Å². The van der Waals surface area contributed by atoms with Gasteiger partial charge in [0.25, 0.3) is 0 Å². The lowest BCUT2D eigenvalue weighted by Crippen LogP contribution is -2.59. The summed E-state index contributed by atoms with van der Waals surface area (Å²) in [5.41, 5.74) is 4.53. The monoisotopic (exact) mass is 245 g/mol. The van der Waals surface area contributed by atoms with Crippen LogP contribution >= 0.6 is 0 Å². The molecule has 0 heterocycles. The van der Waals surface area contributed by atoms with Gasteiger partial charge in [-0.1, -0.05) is 19.3 Å². The Morgan fingerprint density at radius 1 is 1.12 bits per heavy atom. The largest absolute Gasteiger partial charge is 0.394 e. The molecule has 1 aliphatic carbocycles. The van der Waals surface area contributed by atoms with Crippen molar-refractivity contribution in [3.63, 3.8) is 0 Å². The Morgan fingerprint density at radius 2 is 1.65 bits per heavy atom. The zero-order valence-corrected chi connectivity index (χ0v) is 10.1. The standard InChI is InChI=1S/C11H23N3O3/c12-10(13-9-4-2-1-3-5-9)14-11(6-15,7-16)8-17/h9,15-17H,1-8H2,(H3,12,13,14). The van der Waals surface area contributed by atoms with Crippen LogP contribution < -0.4 is 11.1 Å². The van der Waals surface area contributed by atoms with Gasteiger partial charge >= 0.3 is 0 Å². The number of aliphatic hydroxyl groups is 3. The fraction of sp³-hybridized carbons (Fsp3) is 0.909. The summed E-state index contributed by atoms with van der Waals surface area (Å²) in [5, 5.41) is 30.1. The number of hydrogen-bond acceptors (Lipinski definition) is 4. The van der Waals surface area contributed by atoms with Crippen molar-refractivity contribution in [3.8, 4) is 0 Å².